The molecule has 8 heteroatoms. The van der Waals surface area contributed by atoms with E-state index in [1.54, 1.807) is 23.1 Å². The molecular weight excluding hydrogens is 441 g/mol. The van der Waals surface area contributed by atoms with Crippen molar-refractivity contribution in [1.29, 1.82) is 0 Å². The van der Waals surface area contributed by atoms with E-state index in [2.05, 4.69) is 4.90 Å². The fourth-order valence-corrected chi connectivity index (χ4v) is 5.29. The standard InChI is InChI=1S/C25H26FN3O3S/c1-20-11-13-22(14-12-20)33(31,32)29(24-10-6-5-9-23(24)26)19-25(30)28-17-15-27(16-18-28)21-7-3-2-4-8-21/h2-14H,15-19H2,1H3. The quantitative estimate of drug-likeness (QED) is 0.555. The first-order valence-electron chi connectivity index (χ1n) is 10.8. The second kappa shape index (κ2) is 9.62. The summed E-state index contributed by atoms with van der Waals surface area (Å²) in [6, 6.07) is 21.8. The molecule has 6 nitrogen and oxygen atoms in total. The smallest absolute Gasteiger partial charge is 0.264 e. The third-order valence-corrected chi connectivity index (χ3v) is 7.54. The van der Waals surface area contributed by atoms with Crippen LogP contribution in [0, 0.1) is 12.7 Å². The summed E-state index contributed by atoms with van der Waals surface area (Å²) in [7, 11) is -4.15. The maximum absolute atomic E-state index is 14.6. The second-order valence-electron chi connectivity index (χ2n) is 7.98. The lowest BCUT2D eigenvalue weighted by molar-refractivity contribution is -0.129. The van der Waals surface area contributed by atoms with Crippen LogP contribution >= 0.6 is 0 Å². The second-order valence-corrected chi connectivity index (χ2v) is 9.84. The summed E-state index contributed by atoms with van der Waals surface area (Å²) in [5.74, 6) is -1.06. The van der Waals surface area contributed by atoms with Gasteiger partial charge in [-0.05, 0) is 43.3 Å². The molecule has 1 aliphatic heterocycles. The molecule has 0 saturated carbocycles. The zero-order chi connectivity index (χ0) is 23.4. The Balaban J connectivity index is 1.55. The number of carbonyl (C=O) groups excluding carboxylic acids is 1. The first kappa shape index (κ1) is 22.8. The Labute approximate surface area is 193 Å². The number of amides is 1. The Hall–Kier alpha value is -3.39. The van der Waals surface area contributed by atoms with Gasteiger partial charge in [-0.15, -0.1) is 0 Å². The highest BCUT2D eigenvalue weighted by molar-refractivity contribution is 7.92. The highest BCUT2D eigenvalue weighted by Crippen LogP contribution is 2.27. The van der Waals surface area contributed by atoms with Crippen molar-refractivity contribution in [3.63, 3.8) is 0 Å². The predicted molar refractivity (Wildman–Crippen MR) is 127 cm³/mol. The molecule has 1 aliphatic rings. The van der Waals surface area contributed by atoms with Gasteiger partial charge in [0.15, 0.2) is 0 Å². The number of rotatable bonds is 6. The average molecular weight is 468 g/mol. The molecule has 0 unspecified atom stereocenters. The number of hydrogen-bond donors (Lipinski definition) is 0. The summed E-state index contributed by atoms with van der Waals surface area (Å²) in [6.45, 7) is 3.58. The summed E-state index contributed by atoms with van der Waals surface area (Å²) in [5.41, 5.74) is 1.84. The number of benzene rings is 3. The summed E-state index contributed by atoms with van der Waals surface area (Å²) >= 11 is 0. The van der Waals surface area contributed by atoms with Gasteiger partial charge >= 0.3 is 0 Å². The molecule has 1 fully saturated rings. The maximum atomic E-state index is 14.6. The van der Waals surface area contributed by atoms with Crippen LogP contribution in [-0.4, -0.2) is 51.9 Å². The molecule has 0 spiro atoms. The highest BCUT2D eigenvalue weighted by Gasteiger charge is 2.31. The third kappa shape index (κ3) is 5.01. The minimum Gasteiger partial charge on any atom is -0.368 e. The van der Waals surface area contributed by atoms with Crippen molar-refractivity contribution >= 4 is 27.3 Å². The SMILES string of the molecule is Cc1ccc(S(=O)(=O)N(CC(=O)N2CCN(c3ccccc3)CC2)c2ccccc2F)cc1. The van der Waals surface area contributed by atoms with Crippen molar-refractivity contribution < 1.29 is 17.6 Å². The molecule has 0 atom stereocenters. The third-order valence-electron chi connectivity index (χ3n) is 5.76. The van der Waals surface area contributed by atoms with Gasteiger partial charge in [0, 0.05) is 31.9 Å². The predicted octanol–water partition coefficient (Wildman–Crippen LogP) is 3.68. The number of carbonyl (C=O) groups is 1. The van der Waals surface area contributed by atoms with Crippen LogP contribution in [0.1, 0.15) is 5.56 Å². The van der Waals surface area contributed by atoms with Gasteiger partial charge in [0.2, 0.25) is 5.91 Å². The van der Waals surface area contributed by atoms with E-state index in [9.17, 15) is 17.6 Å². The zero-order valence-electron chi connectivity index (χ0n) is 18.4. The molecule has 0 radical (unpaired) electrons. The molecule has 0 N–H and O–H groups in total. The van der Waals surface area contributed by atoms with Gasteiger partial charge in [0.05, 0.1) is 10.6 Å². The maximum Gasteiger partial charge on any atom is 0.264 e. The van der Waals surface area contributed by atoms with E-state index < -0.39 is 22.4 Å². The highest BCUT2D eigenvalue weighted by atomic mass is 32.2. The average Bonchev–Trinajstić information content (AvgIpc) is 2.84. The van der Waals surface area contributed by atoms with Gasteiger partial charge < -0.3 is 9.80 Å². The van der Waals surface area contributed by atoms with Crippen molar-refractivity contribution in [3.8, 4) is 0 Å². The fourth-order valence-electron chi connectivity index (χ4n) is 3.87. The number of sulfonamides is 1. The molecule has 0 aromatic heterocycles. The molecule has 1 heterocycles. The Morgan fingerprint density at radius 3 is 2.12 bits per heavy atom. The van der Waals surface area contributed by atoms with Crippen LogP contribution in [0.3, 0.4) is 0 Å². The summed E-state index contributed by atoms with van der Waals surface area (Å²) in [5, 5.41) is 0. The van der Waals surface area contributed by atoms with Crippen molar-refractivity contribution in [2.45, 2.75) is 11.8 Å². The molecule has 172 valence electrons. The number of hydrogen-bond acceptors (Lipinski definition) is 4. The molecule has 3 aromatic carbocycles. The molecule has 0 aliphatic carbocycles. The molecule has 1 amide bonds. The van der Waals surface area contributed by atoms with E-state index in [1.807, 2.05) is 37.3 Å². The van der Waals surface area contributed by atoms with Gasteiger partial charge in [-0.1, -0.05) is 48.0 Å². The van der Waals surface area contributed by atoms with Crippen LogP contribution in [0.25, 0.3) is 0 Å². The number of anilines is 2. The van der Waals surface area contributed by atoms with E-state index in [1.165, 1.54) is 30.3 Å². The minimum atomic E-state index is -4.15. The van der Waals surface area contributed by atoms with Crippen LogP contribution in [-0.2, 0) is 14.8 Å². The van der Waals surface area contributed by atoms with E-state index in [0.29, 0.717) is 26.2 Å². The van der Waals surface area contributed by atoms with Gasteiger partial charge in [-0.25, -0.2) is 12.8 Å². The topological polar surface area (TPSA) is 60.9 Å². The van der Waals surface area contributed by atoms with Crippen LogP contribution in [0.15, 0.2) is 83.8 Å². The Bertz CT molecular complexity index is 1210. The molecule has 33 heavy (non-hydrogen) atoms. The number of halogens is 1. The largest absolute Gasteiger partial charge is 0.368 e. The van der Waals surface area contributed by atoms with E-state index in [4.69, 9.17) is 0 Å². The van der Waals surface area contributed by atoms with Gasteiger partial charge in [0.25, 0.3) is 10.0 Å². The molecule has 1 saturated heterocycles. The van der Waals surface area contributed by atoms with Gasteiger partial charge in [-0.3, -0.25) is 9.10 Å². The van der Waals surface area contributed by atoms with E-state index >= 15 is 0 Å². The number of para-hydroxylation sites is 2. The van der Waals surface area contributed by atoms with Crippen molar-refractivity contribution in [2.24, 2.45) is 0 Å². The number of nitrogens with zero attached hydrogens (tertiary/aromatic N) is 3. The van der Waals surface area contributed by atoms with Crippen LogP contribution < -0.4 is 9.21 Å². The van der Waals surface area contributed by atoms with Gasteiger partial charge in [-0.2, -0.15) is 0 Å². The lowest BCUT2D eigenvalue weighted by Gasteiger charge is -2.37. The number of aryl methyl sites for hydroxylation is 1. The van der Waals surface area contributed by atoms with Crippen LogP contribution in [0.5, 0.6) is 0 Å². The van der Waals surface area contributed by atoms with E-state index in [-0.39, 0.29) is 16.5 Å². The van der Waals surface area contributed by atoms with Crippen molar-refractivity contribution in [2.75, 3.05) is 41.9 Å². The minimum absolute atomic E-state index is 0.0121. The summed E-state index contributed by atoms with van der Waals surface area (Å²) in [6.07, 6.45) is 0. The molecular formula is C25H26FN3O3S. The first-order chi connectivity index (χ1) is 15.9. The van der Waals surface area contributed by atoms with Crippen LogP contribution in [0.2, 0.25) is 0 Å². The zero-order valence-corrected chi connectivity index (χ0v) is 19.2. The molecule has 3 aromatic rings. The molecule has 4 rings (SSSR count). The van der Waals surface area contributed by atoms with Crippen molar-refractivity contribution in [3.05, 3.63) is 90.2 Å². The number of piperazine rings is 1. The fraction of sp³-hybridized carbons (Fsp3) is 0.240. The van der Waals surface area contributed by atoms with Crippen LogP contribution in [0.4, 0.5) is 15.8 Å². The Morgan fingerprint density at radius 1 is 0.879 bits per heavy atom. The lowest BCUT2D eigenvalue weighted by Crippen LogP contribution is -2.52. The summed E-state index contributed by atoms with van der Waals surface area (Å²) < 4.78 is 42.4. The Kier molecular flexibility index (Phi) is 6.65. The lowest BCUT2D eigenvalue weighted by atomic mass is 10.2. The first-order valence-corrected chi connectivity index (χ1v) is 12.2. The van der Waals surface area contributed by atoms with Gasteiger partial charge in [0.1, 0.15) is 12.4 Å². The Morgan fingerprint density at radius 2 is 1.48 bits per heavy atom. The normalized spacial score (nSPS) is 14.2. The van der Waals surface area contributed by atoms with Crippen molar-refractivity contribution in [1.82, 2.24) is 4.90 Å². The summed E-state index contributed by atoms with van der Waals surface area (Å²) in [4.78, 5) is 17.0. The molecule has 0 bridgehead atoms. The van der Waals surface area contributed by atoms with E-state index in [0.717, 1.165) is 15.6 Å². The monoisotopic (exact) mass is 467 g/mol.